The van der Waals surface area contributed by atoms with Crippen molar-refractivity contribution < 1.29 is 9.18 Å². The topological polar surface area (TPSA) is 67.8 Å². The third kappa shape index (κ3) is 4.44. The van der Waals surface area contributed by atoms with Crippen LogP contribution in [0.4, 0.5) is 10.3 Å². The van der Waals surface area contributed by atoms with E-state index < -0.39 is 0 Å². The van der Waals surface area contributed by atoms with Crippen molar-refractivity contribution in [2.45, 2.75) is 0 Å². The molecule has 5 nitrogen and oxygen atoms in total. The fourth-order valence-electron chi connectivity index (χ4n) is 2.71. The van der Waals surface area contributed by atoms with Gasteiger partial charge in [-0.15, -0.1) is 0 Å². The van der Waals surface area contributed by atoms with Gasteiger partial charge in [0.2, 0.25) is 5.95 Å². The lowest BCUT2D eigenvalue weighted by Crippen LogP contribution is -2.15. The van der Waals surface area contributed by atoms with Gasteiger partial charge in [0.1, 0.15) is 5.82 Å². The van der Waals surface area contributed by atoms with Crippen LogP contribution in [-0.2, 0) is 0 Å². The van der Waals surface area contributed by atoms with Gasteiger partial charge in [-0.25, -0.2) is 14.4 Å². The number of benzene rings is 2. The zero-order chi connectivity index (χ0) is 20.2. The Morgan fingerprint density at radius 1 is 0.897 bits per heavy atom. The molecule has 0 saturated carbocycles. The zero-order valence-electron chi connectivity index (χ0n) is 15.0. The SMILES string of the molecule is O=C(Nc1nc(-c2ccc(F)cc2)cc(-c2ccc(Cl)cc2)n1)c1cccnc1. The van der Waals surface area contributed by atoms with Gasteiger partial charge in [0.25, 0.3) is 5.91 Å². The molecule has 0 spiro atoms. The lowest BCUT2D eigenvalue weighted by atomic mass is 10.1. The molecule has 0 atom stereocenters. The molecule has 4 rings (SSSR count). The van der Waals surface area contributed by atoms with Crippen LogP contribution >= 0.6 is 11.6 Å². The third-order valence-corrected chi connectivity index (χ3v) is 4.41. The summed E-state index contributed by atoms with van der Waals surface area (Å²) in [5, 5.41) is 3.30. The summed E-state index contributed by atoms with van der Waals surface area (Å²) in [4.78, 5) is 25.3. The molecule has 0 aliphatic carbocycles. The minimum atomic E-state index is -0.378. The predicted octanol–water partition coefficient (Wildman–Crippen LogP) is 5.25. The molecule has 29 heavy (non-hydrogen) atoms. The van der Waals surface area contributed by atoms with Crippen LogP contribution in [0.3, 0.4) is 0 Å². The Hall–Kier alpha value is -3.64. The van der Waals surface area contributed by atoms with Crippen molar-refractivity contribution in [2.24, 2.45) is 0 Å². The quantitative estimate of drug-likeness (QED) is 0.504. The average Bonchev–Trinajstić information content (AvgIpc) is 2.75. The molecule has 4 aromatic rings. The van der Waals surface area contributed by atoms with E-state index in [2.05, 4.69) is 20.3 Å². The molecular weight excluding hydrogens is 391 g/mol. The number of hydrogen-bond donors (Lipinski definition) is 1. The van der Waals surface area contributed by atoms with E-state index in [0.29, 0.717) is 27.5 Å². The summed E-state index contributed by atoms with van der Waals surface area (Å²) in [6.07, 6.45) is 3.04. The number of pyridine rings is 1. The lowest BCUT2D eigenvalue weighted by molar-refractivity contribution is 0.102. The number of carbonyl (C=O) groups excluding carboxylic acids is 1. The van der Waals surface area contributed by atoms with Crippen LogP contribution in [0, 0.1) is 5.82 Å². The molecule has 1 N–H and O–H groups in total. The van der Waals surface area contributed by atoms with E-state index in [9.17, 15) is 9.18 Å². The van der Waals surface area contributed by atoms with Crippen molar-refractivity contribution in [2.75, 3.05) is 5.32 Å². The maximum Gasteiger partial charge on any atom is 0.259 e. The summed E-state index contributed by atoms with van der Waals surface area (Å²) in [6, 6.07) is 18.2. The van der Waals surface area contributed by atoms with Crippen LogP contribution in [0.1, 0.15) is 10.4 Å². The Morgan fingerprint density at radius 2 is 1.52 bits per heavy atom. The smallest absolute Gasteiger partial charge is 0.259 e. The maximum atomic E-state index is 13.3. The van der Waals surface area contributed by atoms with Crippen molar-refractivity contribution in [3.05, 3.63) is 95.5 Å². The third-order valence-electron chi connectivity index (χ3n) is 4.16. The van der Waals surface area contributed by atoms with Gasteiger partial charge in [-0.2, -0.15) is 0 Å². The number of nitrogens with zero attached hydrogens (tertiary/aromatic N) is 3. The first-order chi connectivity index (χ1) is 14.1. The highest BCUT2D eigenvalue weighted by Crippen LogP contribution is 2.26. The second-order valence-electron chi connectivity index (χ2n) is 6.17. The van der Waals surface area contributed by atoms with Crippen LogP contribution in [0.25, 0.3) is 22.5 Å². The molecule has 0 bridgehead atoms. The van der Waals surface area contributed by atoms with Crippen molar-refractivity contribution >= 4 is 23.5 Å². The van der Waals surface area contributed by atoms with Gasteiger partial charge in [0.15, 0.2) is 0 Å². The van der Waals surface area contributed by atoms with E-state index >= 15 is 0 Å². The first kappa shape index (κ1) is 18.7. The molecule has 0 unspecified atom stereocenters. The Kier molecular flexibility index (Phi) is 5.27. The number of carbonyl (C=O) groups is 1. The van der Waals surface area contributed by atoms with E-state index in [1.54, 1.807) is 48.7 Å². The van der Waals surface area contributed by atoms with Gasteiger partial charge in [0, 0.05) is 28.5 Å². The fourth-order valence-corrected chi connectivity index (χ4v) is 2.84. The minimum absolute atomic E-state index is 0.130. The number of halogens is 2. The van der Waals surface area contributed by atoms with Gasteiger partial charge >= 0.3 is 0 Å². The molecule has 142 valence electrons. The van der Waals surface area contributed by atoms with Crippen LogP contribution in [0.5, 0.6) is 0 Å². The minimum Gasteiger partial charge on any atom is -0.290 e. The predicted molar refractivity (Wildman–Crippen MR) is 110 cm³/mol. The molecule has 1 amide bonds. The Morgan fingerprint density at radius 3 is 2.10 bits per heavy atom. The molecule has 0 fully saturated rings. The largest absolute Gasteiger partial charge is 0.290 e. The van der Waals surface area contributed by atoms with E-state index in [-0.39, 0.29) is 17.7 Å². The lowest BCUT2D eigenvalue weighted by Gasteiger charge is -2.10. The summed E-state index contributed by atoms with van der Waals surface area (Å²) >= 11 is 5.98. The van der Waals surface area contributed by atoms with Gasteiger partial charge in [-0.1, -0.05) is 23.7 Å². The summed E-state index contributed by atoms with van der Waals surface area (Å²) in [5.74, 6) is -0.590. The molecule has 2 heterocycles. The van der Waals surface area contributed by atoms with E-state index in [1.807, 2.05) is 12.1 Å². The summed E-state index contributed by atoms with van der Waals surface area (Å²) in [7, 11) is 0. The van der Waals surface area contributed by atoms with E-state index in [1.165, 1.54) is 18.3 Å². The summed E-state index contributed by atoms with van der Waals surface area (Å²) in [5.41, 5.74) is 3.03. The highest BCUT2D eigenvalue weighted by molar-refractivity contribution is 6.30. The van der Waals surface area contributed by atoms with Gasteiger partial charge in [-0.05, 0) is 54.6 Å². The second-order valence-corrected chi connectivity index (χ2v) is 6.61. The first-order valence-corrected chi connectivity index (χ1v) is 9.08. The molecule has 0 radical (unpaired) electrons. The van der Waals surface area contributed by atoms with Crippen LogP contribution < -0.4 is 5.32 Å². The van der Waals surface area contributed by atoms with Gasteiger partial charge in [-0.3, -0.25) is 15.1 Å². The molecule has 0 saturated heterocycles. The molecule has 7 heteroatoms. The maximum absolute atomic E-state index is 13.3. The number of rotatable bonds is 4. The number of amides is 1. The van der Waals surface area contributed by atoms with Crippen molar-refractivity contribution in [1.29, 1.82) is 0 Å². The Balaban J connectivity index is 1.76. The van der Waals surface area contributed by atoms with Crippen LogP contribution in [0.2, 0.25) is 5.02 Å². The molecule has 0 aliphatic rings. The van der Waals surface area contributed by atoms with Crippen LogP contribution in [-0.4, -0.2) is 20.9 Å². The average molecular weight is 405 g/mol. The zero-order valence-corrected chi connectivity index (χ0v) is 15.8. The standard InChI is InChI=1S/C22H14ClFN4O/c23-17-7-3-14(4-8-17)19-12-20(15-5-9-18(24)10-6-15)27-22(26-19)28-21(29)16-2-1-11-25-13-16/h1-13H,(H,26,27,28,29). The van der Waals surface area contributed by atoms with Crippen molar-refractivity contribution in [3.8, 4) is 22.5 Å². The number of hydrogen-bond acceptors (Lipinski definition) is 4. The summed E-state index contributed by atoms with van der Waals surface area (Å²) < 4.78 is 13.3. The Bertz CT molecular complexity index is 1090. The highest BCUT2D eigenvalue weighted by atomic mass is 35.5. The molecular formula is C22H14ClFN4O. The Labute approximate surface area is 171 Å². The van der Waals surface area contributed by atoms with Crippen molar-refractivity contribution in [1.82, 2.24) is 15.0 Å². The fraction of sp³-hybridized carbons (Fsp3) is 0. The van der Waals surface area contributed by atoms with E-state index in [0.717, 1.165) is 5.56 Å². The van der Waals surface area contributed by atoms with Crippen molar-refractivity contribution in [3.63, 3.8) is 0 Å². The van der Waals surface area contributed by atoms with Gasteiger partial charge in [0.05, 0.1) is 17.0 Å². The first-order valence-electron chi connectivity index (χ1n) is 8.71. The highest BCUT2D eigenvalue weighted by Gasteiger charge is 2.13. The second kappa shape index (κ2) is 8.16. The van der Waals surface area contributed by atoms with Crippen LogP contribution in [0.15, 0.2) is 79.1 Å². The summed E-state index contributed by atoms with van der Waals surface area (Å²) in [6.45, 7) is 0. The molecule has 2 aromatic heterocycles. The number of anilines is 1. The number of nitrogens with one attached hydrogen (secondary N) is 1. The van der Waals surface area contributed by atoms with Gasteiger partial charge < -0.3 is 0 Å². The normalized spacial score (nSPS) is 10.6. The monoisotopic (exact) mass is 404 g/mol. The molecule has 0 aliphatic heterocycles. The number of aromatic nitrogens is 3. The van der Waals surface area contributed by atoms with E-state index in [4.69, 9.17) is 11.6 Å². The molecule has 2 aromatic carbocycles.